The number of fused-ring (bicyclic) bond motifs is 1. The van der Waals surface area contributed by atoms with Crippen LogP contribution in [-0.4, -0.2) is 43.7 Å². The number of nitrogens with zero attached hydrogens (tertiary/aromatic N) is 5. The number of carbonyl (C=O) groups is 1. The van der Waals surface area contributed by atoms with E-state index in [4.69, 9.17) is 0 Å². The van der Waals surface area contributed by atoms with Crippen molar-refractivity contribution in [3.05, 3.63) is 42.7 Å². The molecule has 7 nitrogen and oxygen atoms in total. The van der Waals surface area contributed by atoms with E-state index in [1.165, 1.54) is 6.33 Å². The largest absolute Gasteiger partial charge is 0.480 e. The first kappa shape index (κ1) is 15.0. The van der Waals surface area contributed by atoms with Crippen LogP contribution in [0.15, 0.2) is 42.7 Å². The summed E-state index contributed by atoms with van der Waals surface area (Å²) < 4.78 is 1.57. The summed E-state index contributed by atoms with van der Waals surface area (Å²) in [5.74, 6) is 0.244. The molecule has 1 N–H and O–H groups in total. The van der Waals surface area contributed by atoms with Crippen LogP contribution in [0.3, 0.4) is 0 Å². The Morgan fingerprint density at radius 1 is 1.30 bits per heavy atom. The topological polar surface area (TPSA) is 83.6 Å². The van der Waals surface area contributed by atoms with Crippen molar-refractivity contribution in [1.29, 1.82) is 0 Å². The van der Waals surface area contributed by atoms with Gasteiger partial charge in [-0.2, -0.15) is 14.6 Å². The lowest BCUT2D eigenvalue weighted by Crippen LogP contribution is -2.32. The third-order valence-corrected chi connectivity index (χ3v) is 3.45. The highest BCUT2D eigenvalue weighted by Gasteiger charge is 2.17. The molecule has 0 unspecified atom stereocenters. The molecular weight excluding hydrogens is 294 g/mol. The fraction of sp³-hybridized carbons (Fsp3) is 0.250. The number of hydrogen-bond donors (Lipinski definition) is 1. The summed E-state index contributed by atoms with van der Waals surface area (Å²) in [6.45, 7) is 2.52. The molecule has 3 rings (SSSR count). The molecule has 118 valence electrons. The van der Waals surface area contributed by atoms with E-state index in [1.807, 2.05) is 43.3 Å². The molecule has 0 aliphatic carbocycles. The zero-order valence-electron chi connectivity index (χ0n) is 12.8. The smallest absolute Gasteiger partial charge is 0.323 e. The van der Waals surface area contributed by atoms with Crippen molar-refractivity contribution in [1.82, 2.24) is 19.6 Å². The number of rotatable bonds is 6. The molecule has 2 heterocycles. The van der Waals surface area contributed by atoms with Crippen molar-refractivity contribution < 1.29 is 9.90 Å². The average molecular weight is 311 g/mol. The van der Waals surface area contributed by atoms with E-state index < -0.39 is 5.97 Å². The van der Waals surface area contributed by atoms with Gasteiger partial charge in [0.2, 0.25) is 0 Å². The fourth-order valence-electron chi connectivity index (χ4n) is 2.49. The third-order valence-electron chi connectivity index (χ3n) is 3.45. The lowest BCUT2D eigenvalue weighted by molar-refractivity contribution is -0.135. The Bertz CT molecular complexity index is 816. The summed E-state index contributed by atoms with van der Waals surface area (Å²) in [7, 11) is 0. The standard InChI is InChI=1S/C16H17N5O2/c1-2-8-20(10-15(22)23)14-9-13(12-6-4-3-5-7-12)19-16-17-11-18-21(14)16/h3-7,9,11H,2,8,10H2,1H3,(H,22,23). The number of aromatic nitrogens is 4. The number of benzene rings is 1. The van der Waals surface area contributed by atoms with E-state index in [1.54, 1.807) is 9.42 Å². The summed E-state index contributed by atoms with van der Waals surface area (Å²) in [4.78, 5) is 21.6. The highest BCUT2D eigenvalue weighted by molar-refractivity contribution is 5.74. The Morgan fingerprint density at radius 3 is 2.78 bits per heavy atom. The van der Waals surface area contributed by atoms with Gasteiger partial charge in [-0.25, -0.2) is 4.98 Å². The first-order chi connectivity index (χ1) is 11.2. The molecule has 0 bridgehead atoms. The summed E-state index contributed by atoms with van der Waals surface area (Å²) in [6.07, 6.45) is 2.25. The van der Waals surface area contributed by atoms with Crippen LogP contribution >= 0.6 is 0 Å². The molecule has 0 spiro atoms. The molecule has 0 saturated carbocycles. The van der Waals surface area contributed by atoms with Crippen LogP contribution in [-0.2, 0) is 4.79 Å². The summed E-state index contributed by atoms with van der Waals surface area (Å²) in [5, 5.41) is 13.4. The van der Waals surface area contributed by atoms with Crippen molar-refractivity contribution in [3.63, 3.8) is 0 Å². The lowest BCUT2D eigenvalue weighted by Gasteiger charge is -2.22. The predicted octanol–water partition coefficient (Wildman–Crippen LogP) is 2.09. The van der Waals surface area contributed by atoms with Gasteiger partial charge in [-0.15, -0.1) is 0 Å². The van der Waals surface area contributed by atoms with Crippen LogP contribution < -0.4 is 4.90 Å². The minimum atomic E-state index is -0.884. The van der Waals surface area contributed by atoms with Gasteiger partial charge in [-0.1, -0.05) is 37.3 Å². The van der Waals surface area contributed by atoms with Gasteiger partial charge in [0.25, 0.3) is 5.78 Å². The molecule has 0 radical (unpaired) electrons. The number of aliphatic carboxylic acids is 1. The Balaban J connectivity index is 2.14. The van der Waals surface area contributed by atoms with Crippen LogP contribution in [0.2, 0.25) is 0 Å². The van der Waals surface area contributed by atoms with Crippen LogP contribution in [0.25, 0.3) is 17.0 Å². The molecule has 0 saturated heterocycles. The number of carboxylic acids is 1. The minimum Gasteiger partial charge on any atom is -0.480 e. The first-order valence-corrected chi connectivity index (χ1v) is 7.42. The summed E-state index contributed by atoms with van der Waals surface area (Å²) >= 11 is 0. The molecule has 7 heteroatoms. The van der Waals surface area contributed by atoms with E-state index in [2.05, 4.69) is 15.1 Å². The zero-order valence-corrected chi connectivity index (χ0v) is 12.8. The van der Waals surface area contributed by atoms with Crippen molar-refractivity contribution in [3.8, 4) is 11.3 Å². The van der Waals surface area contributed by atoms with E-state index in [-0.39, 0.29) is 6.54 Å². The third kappa shape index (κ3) is 3.13. The maximum absolute atomic E-state index is 11.2. The van der Waals surface area contributed by atoms with E-state index in [0.717, 1.165) is 17.7 Å². The summed E-state index contributed by atoms with van der Waals surface area (Å²) in [6, 6.07) is 11.6. The fourth-order valence-corrected chi connectivity index (χ4v) is 2.49. The van der Waals surface area contributed by atoms with Gasteiger partial charge < -0.3 is 10.0 Å². The van der Waals surface area contributed by atoms with Crippen molar-refractivity contribution >= 4 is 17.6 Å². The number of carboxylic acid groups (broad SMARTS) is 1. The SMILES string of the molecule is CCCN(CC(=O)O)c1cc(-c2ccccc2)nc2ncnn12. The van der Waals surface area contributed by atoms with E-state index in [0.29, 0.717) is 18.1 Å². The van der Waals surface area contributed by atoms with Crippen LogP contribution in [0, 0.1) is 0 Å². The van der Waals surface area contributed by atoms with Crippen molar-refractivity contribution in [2.75, 3.05) is 18.0 Å². The van der Waals surface area contributed by atoms with Crippen LogP contribution in [0.4, 0.5) is 5.82 Å². The normalized spacial score (nSPS) is 10.8. The molecule has 3 aromatic rings. The maximum atomic E-state index is 11.2. The van der Waals surface area contributed by atoms with Crippen LogP contribution in [0.1, 0.15) is 13.3 Å². The van der Waals surface area contributed by atoms with Gasteiger partial charge in [-0.3, -0.25) is 4.79 Å². The molecule has 0 aliphatic rings. The van der Waals surface area contributed by atoms with Gasteiger partial charge in [0.15, 0.2) is 0 Å². The van der Waals surface area contributed by atoms with E-state index in [9.17, 15) is 9.90 Å². The molecule has 0 atom stereocenters. The number of hydrogen-bond acceptors (Lipinski definition) is 5. The van der Waals surface area contributed by atoms with Crippen molar-refractivity contribution in [2.24, 2.45) is 0 Å². The Kier molecular flexibility index (Phi) is 4.18. The molecule has 0 amide bonds. The minimum absolute atomic E-state index is 0.0962. The molecule has 23 heavy (non-hydrogen) atoms. The van der Waals surface area contributed by atoms with Gasteiger partial charge in [0, 0.05) is 18.2 Å². The molecular formula is C16H17N5O2. The average Bonchev–Trinajstić information content (AvgIpc) is 3.02. The second-order valence-corrected chi connectivity index (χ2v) is 5.15. The van der Waals surface area contributed by atoms with Gasteiger partial charge in [0.1, 0.15) is 18.7 Å². The second kappa shape index (κ2) is 6.43. The predicted molar refractivity (Wildman–Crippen MR) is 86.4 cm³/mol. The maximum Gasteiger partial charge on any atom is 0.323 e. The highest BCUT2D eigenvalue weighted by Crippen LogP contribution is 2.23. The quantitative estimate of drug-likeness (QED) is 0.750. The first-order valence-electron chi connectivity index (χ1n) is 7.42. The Labute approximate surface area is 133 Å². The molecule has 1 aromatic carbocycles. The van der Waals surface area contributed by atoms with Gasteiger partial charge in [-0.05, 0) is 6.42 Å². The second-order valence-electron chi connectivity index (χ2n) is 5.15. The van der Waals surface area contributed by atoms with E-state index >= 15 is 0 Å². The monoisotopic (exact) mass is 311 g/mol. The van der Waals surface area contributed by atoms with Gasteiger partial charge in [0.05, 0.1) is 5.69 Å². The van der Waals surface area contributed by atoms with Gasteiger partial charge >= 0.3 is 5.97 Å². The molecule has 2 aromatic heterocycles. The number of anilines is 1. The Hall–Kier alpha value is -2.96. The summed E-state index contributed by atoms with van der Waals surface area (Å²) in [5.41, 5.74) is 1.69. The Morgan fingerprint density at radius 2 is 2.09 bits per heavy atom. The highest BCUT2D eigenvalue weighted by atomic mass is 16.4. The lowest BCUT2D eigenvalue weighted by atomic mass is 10.1. The molecule has 0 fully saturated rings. The zero-order chi connectivity index (χ0) is 16.2. The van der Waals surface area contributed by atoms with Crippen molar-refractivity contribution in [2.45, 2.75) is 13.3 Å². The molecule has 0 aliphatic heterocycles. The van der Waals surface area contributed by atoms with Crippen LogP contribution in [0.5, 0.6) is 0 Å².